The van der Waals surface area contributed by atoms with E-state index in [2.05, 4.69) is 25.4 Å². The molecule has 224 valence electrons. The van der Waals surface area contributed by atoms with E-state index in [9.17, 15) is 36.6 Å². The second-order valence-electron chi connectivity index (χ2n) is 9.79. The van der Waals surface area contributed by atoms with Gasteiger partial charge in [-0.15, -0.1) is 0 Å². The fraction of sp³-hybridized carbons (Fsp3) is 0.276. The molecule has 0 radical (unpaired) electrons. The van der Waals surface area contributed by atoms with Crippen molar-refractivity contribution in [2.75, 3.05) is 5.32 Å². The van der Waals surface area contributed by atoms with Crippen molar-refractivity contribution in [3.63, 3.8) is 0 Å². The molecule has 0 unspecified atom stereocenters. The predicted molar refractivity (Wildman–Crippen MR) is 147 cm³/mol. The maximum Gasteiger partial charge on any atom is 0.417 e. The molecular formula is C29H25F5N6O3. The van der Waals surface area contributed by atoms with E-state index in [0.717, 1.165) is 12.1 Å². The number of nitrogens with one attached hydrogen (secondary N) is 2. The van der Waals surface area contributed by atoms with Crippen LogP contribution in [0.25, 0.3) is 21.7 Å². The highest BCUT2D eigenvalue weighted by molar-refractivity contribution is 5.97. The number of pyridine rings is 2. The van der Waals surface area contributed by atoms with Gasteiger partial charge >= 0.3 is 12.1 Å². The lowest BCUT2D eigenvalue weighted by atomic mass is 10.0. The molecular weight excluding hydrogens is 575 g/mol. The van der Waals surface area contributed by atoms with Gasteiger partial charge in [0.1, 0.15) is 28.9 Å². The number of hydrogen-bond donors (Lipinski definition) is 3. The van der Waals surface area contributed by atoms with E-state index in [0.29, 0.717) is 12.5 Å². The van der Waals surface area contributed by atoms with Crippen molar-refractivity contribution < 1.29 is 36.6 Å². The Hall–Kier alpha value is -5.06. The van der Waals surface area contributed by atoms with Crippen LogP contribution in [0.2, 0.25) is 0 Å². The van der Waals surface area contributed by atoms with Gasteiger partial charge in [0.05, 0.1) is 17.8 Å². The highest BCUT2D eigenvalue weighted by atomic mass is 19.4. The van der Waals surface area contributed by atoms with Crippen LogP contribution in [-0.2, 0) is 17.4 Å². The standard InChI is InChI=1S/C29H25F5N6O3/c1-5-14(2)37-16-10-20(30)24(21(31)11-16)27(41)39-23(28(42)43)12-17-6-7-18(26-36-8-9-40(17)26)25-19(29(32,33)34)13-22(35-4)15(3)38-25/h6-11,13-14,23,37H,5,12H2,1-3H3,(H,39,41)(H,42,43)/t14-,23-/m0/s1. The number of aromatic nitrogens is 3. The number of carbonyl (C=O) groups is 2. The van der Waals surface area contributed by atoms with Crippen LogP contribution in [0.3, 0.4) is 0 Å². The Morgan fingerprint density at radius 1 is 1.16 bits per heavy atom. The van der Waals surface area contributed by atoms with Crippen LogP contribution >= 0.6 is 0 Å². The molecule has 1 aromatic carbocycles. The minimum atomic E-state index is -4.84. The molecule has 3 heterocycles. The molecule has 43 heavy (non-hydrogen) atoms. The van der Waals surface area contributed by atoms with E-state index in [-0.39, 0.29) is 40.0 Å². The number of rotatable bonds is 9. The van der Waals surface area contributed by atoms with E-state index >= 15 is 0 Å². The largest absolute Gasteiger partial charge is 0.480 e. The summed E-state index contributed by atoms with van der Waals surface area (Å²) in [6, 6.07) is 3.41. The summed E-state index contributed by atoms with van der Waals surface area (Å²) in [4.78, 5) is 36.1. The van der Waals surface area contributed by atoms with Crippen molar-refractivity contribution in [1.82, 2.24) is 19.7 Å². The predicted octanol–water partition coefficient (Wildman–Crippen LogP) is 6.19. The van der Waals surface area contributed by atoms with E-state index < -0.39 is 59.0 Å². The molecule has 0 aliphatic rings. The van der Waals surface area contributed by atoms with E-state index in [1.165, 1.54) is 35.9 Å². The second-order valence-corrected chi connectivity index (χ2v) is 9.79. The first-order valence-electron chi connectivity index (χ1n) is 13.0. The lowest BCUT2D eigenvalue weighted by molar-refractivity contribution is -0.139. The maximum absolute atomic E-state index is 14.8. The number of hydrogen-bond acceptors (Lipinski definition) is 5. The molecule has 2 atom stereocenters. The Balaban J connectivity index is 1.68. The van der Waals surface area contributed by atoms with Crippen molar-refractivity contribution in [1.29, 1.82) is 0 Å². The van der Waals surface area contributed by atoms with Crippen LogP contribution in [0.5, 0.6) is 0 Å². The van der Waals surface area contributed by atoms with Crippen molar-refractivity contribution in [2.24, 2.45) is 0 Å². The smallest absolute Gasteiger partial charge is 0.417 e. The summed E-state index contributed by atoms with van der Waals surface area (Å²) in [5.41, 5.74) is -2.49. The normalized spacial score (nSPS) is 12.9. The summed E-state index contributed by atoms with van der Waals surface area (Å²) in [5.74, 6) is -5.21. The van der Waals surface area contributed by atoms with Crippen molar-refractivity contribution in [2.45, 2.75) is 51.9 Å². The van der Waals surface area contributed by atoms with E-state index in [1.807, 2.05) is 6.92 Å². The fourth-order valence-electron chi connectivity index (χ4n) is 4.45. The number of aliphatic carboxylic acids is 1. The molecule has 4 rings (SSSR count). The van der Waals surface area contributed by atoms with Gasteiger partial charge in [0.25, 0.3) is 5.91 Å². The molecule has 3 N–H and O–H groups in total. The quantitative estimate of drug-likeness (QED) is 0.156. The van der Waals surface area contributed by atoms with Crippen LogP contribution in [0, 0.1) is 25.1 Å². The molecule has 0 fully saturated rings. The molecule has 4 aromatic rings. The van der Waals surface area contributed by atoms with Gasteiger partial charge in [-0.2, -0.15) is 13.2 Å². The number of imidazole rings is 1. The van der Waals surface area contributed by atoms with Crippen LogP contribution in [-0.4, -0.2) is 43.4 Å². The molecule has 0 aliphatic carbocycles. The number of carboxylic acid groups (broad SMARTS) is 1. The first-order chi connectivity index (χ1) is 20.2. The minimum Gasteiger partial charge on any atom is -0.480 e. The number of benzene rings is 1. The molecule has 0 spiro atoms. The van der Waals surface area contributed by atoms with E-state index in [1.54, 1.807) is 6.92 Å². The third-order valence-corrected chi connectivity index (χ3v) is 6.81. The van der Waals surface area contributed by atoms with E-state index in [4.69, 9.17) is 6.57 Å². The van der Waals surface area contributed by atoms with Gasteiger partial charge in [-0.05, 0) is 50.6 Å². The number of halogens is 5. The Labute approximate surface area is 242 Å². The van der Waals surface area contributed by atoms with Gasteiger partial charge in [-0.25, -0.2) is 23.4 Å². The summed E-state index contributed by atoms with van der Waals surface area (Å²) in [6.45, 7) is 12.2. The highest BCUT2D eigenvalue weighted by Crippen LogP contribution is 2.40. The van der Waals surface area contributed by atoms with Gasteiger partial charge in [0, 0.05) is 47.5 Å². The van der Waals surface area contributed by atoms with Gasteiger partial charge in [-0.1, -0.05) is 6.92 Å². The Bertz CT molecular complexity index is 1740. The van der Waals surface area contributed by atoms with Crippen LogP contribution < -0.4 is 10.6 Å². The second kappa shape index (κ2) is 12.0. The van der Waals surface area contributed by atoms with Gasteiger partial charge in [-0.3, -0.25) is 9.78 Å². The number of anilines is 1. The lowest BCUT2D eigenvalue weighted by Gasteiger charge is -2.19. The molecule has 0 aliphatic heterocycles. The molecule has 0 saturated heterocycles. The van der Waals surface area contributed by atoms with Crippen molar-refractivity contribution in [3.05, 3.63) is 88.3 Å². The topological polar surface area (TPSA) is 113 Å². The monoisotopic (exact) mass is 600 g/mol. The zero-order valence-corrected chi connectivity index (χ0v) is 23.1. The molecule has 0 bridgehead atoms. The fourth-order valence-corrected chi connectivity index (χ4v) is 4.45. The third kappa shape index (κ3) is 6.40. The molecule has 3 aromatic heterocycles. The number of carboxylic acids is 1. The zero-order valence-electron chi connectivity index (χ0n) is 23.1. The van der Waals surface area contributed by atoms with Crippen LogP contribution in [0.15, 0.2) is 42.7 Å². The number of aryl methyl sites for hydroxylation is 1. The summed E-state index contributed by atoms with van der Waals surface area (Å²) < 4.78 is 72.6. The number of nitrogens with zero attached hydrogens (tertiary/aromatic N) is 4. The zero-order chi connectivity index (χ0) is 31.6. The summed E-state index contributed by atoms with van der Waals surface area (Å²) in [5, 5.41) is 14.8. The summed E-state index contributed by atoms with van der Waals surface area (Å²) >= 11 is 0. The Morgan fingerprint density at radius 3 is 2.42 bits per heavy atom. The van der Waals surface area contributed by atoms with Gasteiger partial charge in [0.15, 0.2) is 0 Å². The van der Waals surface area contributed by atoms with Gasteiger partial charge < -0.3 is 20.1 Å². The molecule has 1 amide bonds. The number of carbonyl (C=O) groups excluding carboxylic acids is 1. The average Bonchev–Trinajstić information content (AvgIpc) is 3.42. The average molecular weight is 601 g/mol. The minimum absolute atomic E-state index is 0.00223. The highest BCUT2D eigenvalue weighted by Gasteiger charge is 2.36. The Kier molecular flexibility index (Phi) is 8.65. The van der Waals surface area contributed by atoms with Crippen molar-refractivity contribution in [3.8, 4) is 11.3 Å². The van der Waals surface area contributed by atoms with Gasteiger partial charge in [0.2, 0.25) is 5.69 Å². The first-order valence-corrected chi connectivity index (χ1v) is 13.0. The maximum atomic E-state index is 14.8. The molecule has 0 saturated carbocycles. The molecule has 9 nitrogen and oxygen atoms in total. The number of alkyl halides is 3. The Morgan fingerprint density at radius 2 is 1.84 bits per heavy atom. The van der Waals surface area contributed by atoms with Crippen LogP contribution in [0.1, 0.15) is 47.6 Å². The number of amides is 1. The number of fused-ring (bicyclic) bond motifs is 1. The summed E-state index contributed by atoms with van der Waals surface area (Å²) in [7, 11) is 0. The van der Waals surface area contributed by atoms with Crippen molar-refractivity contribution >= 4 is 28.9 Å². The molecule has 14 heteroatoms. The SMILES string of the molecule is [C-]#[N+]c1cc(C(F)(F)F)c(-c2ccc(C[C@H](NC(=O)c3c(F)cc(N[C@@H](C)CC)cc3F)C(=O)O)n3ccnc23)nc1C. The first kappa shape index (κ1) is 30.9. The lowest BCUT2D eigenvalue weighted by Crippen LogP contribution is -2.43. The van der Waals surface area contributed by atoms with Crippen LogP contribution in [0.4, 0.5) is 33.3 Å². The third-order valence-electron chi connectivity index (χ3n) is 6.81. The summed E-state index contributed by atoms with van der Waals surface area (Å²) in [6.07, 6.45) is -1.93.